The van der Waals surface area contributed by atoms with Crippen molar-refractivity contribution in [2.24, 2.45) is 0 Å². The molecular weight excluding hydrogens is 328 g/mol. The summed E-state index contributed by atoms with van der Waals surface area (Å²) in [6.45, 7) is 0.660. The molecule has 2 aromatic rings. The standard InChI is InChI=1S/C21H22N2OS/c22-14-15-25-19-11-5-4-10-18(19)20(24)23-16-21(12-6-7-13-21)17-8-2-1-3-9-17/h1-5,8-11H,6-7,12-13,15-16H2,(H,23,24). The average Bonchev–Trinajstić information content (AvgIpc) is 3.15. The number of rotatable bonds is 6. The van der Waals surface area contributed by atoms with Gasteiger partial charge in [0.25, 0.3) is 5.91 Å². The average molecular weight is 350 g/mol. The van der Waals surface area contributed by atoms with Crippen molar-refractivity contribution >= 4 is 17.7 Å². The number of nitrogens with zero attached hydrogens (tertiary/aromatic N) is 1. The van der Waals surface area contributed by atoms with E-state index in [4.69, 9.17) is 5.26 Å². The quantitative estimate of drug-likeness (QED) is 0.778. The minimum atomic E-state index is -0.0526. The number of amides is 1. The SMILES string of the molecule is N#CCSc1ccccc1C(=O)NCC1(c2ccccc2)CCCC1. The van der Waals surface area contributed by atoms with Crippen LogP contribution >= 0.6 is 11.8 Å². The van der Waals surface area contributed by atoms with Gasteiger partial charge in [-0.05, 0) is 30.5 Å². The van der Waals surface area contributed by atoms with Gasteiger partial charge in [0.1, 0.15) is 0 Å². The fourth-order valence-electron chi connectivity index (χ4n) is 3.65. The Hall–Kier alpha value is -2.25. The van der Waals surface area contributed by atoms with Crippen LogP contribution in [0.25, 0.3) is 0 Å². The molecule has 1 fully saturated rings. The van der Waals surface area contributed by atoms with Gasteiger partial charge in [0.2, 0.25) is 0 Å². The van der Waals surface area contributed by atoms with Crippen LogP contribution in [0.15, 0.2) is 59.5 Å². The molecule has 1 N–H and O–H groups in total. The Morgan fingerprint density at radius 2 is 1.76 bits per heavy atom. The lowest BCUT2D eigenvalue weighted by molar-refractivity contribution is 0.0940. The Kier molecular flexibility index (Phi) is 5.78. The van der Waals surface area contributed by atoms with E-state index in [2.05, 4.69) is 35.7 Å². The van der Waals surface area contributed by atoms with Crippen molar-refractivity contribution in [1.82, 2.24) is 5.32 Å². The van der Waals surface area contributed by atoms with Gasteiger partial charge < -0.3 is 5.32 Å². The van der Waals surface area contributed by atoms with E-state index in [1.54, 1.807) is 0 Å². The first-order valence-corrected chi connectivity index (χ1v) is 9.66. The first-order valence-electron chi connectivity index (χ1n) is 8.68. The topological polar surface area (TPSA) is 52.9 Å². The summed E-state index contributed by atoms with van der Waals surface area (Å²) in [6.07, 6.45) is 4.64. The normalized spacial score (nSPS) is 15.5. The summed E-state index contributed by atoms with van der Waals surface area (Å²) in [4.78, 5) is 13.6. The monoisotopic (exact) mass is 350 g/mol. The van der Waals surface area contributed by atoms with Crippen LogP contribution in [-0.4, -0.2) is 18.2 Å². The molecule has 0 atom stereocenters. The van der Waals surface area contributed by atoms with E-state index in [9.17, 15) is 4.79 Å². The highest BCUT2D eigenvalue weighted by Gasteiger charge is 2.35. The Morgan fingerprint density at radius 1 is 1.08 bits per heavy atom. The Balaban J connectivity index is 1.74. The van der Waals surface area contributed by atoms with E-state index in [1.165, 1.54) is 30.2 Å². The van der Waals surface area contributed by atoms with Gasteiger partial charge in [-0.3, -0.25) is 4.79 Å². The maximum absolute atomic E-state index is 12.8. The molecule has 1 aliphatic rings. The zero-order valence-corrected chi connectivity index (χ0v) is 15.0. The number of nitriles is 1. The van der Waals surface area contributed by atoms with E-state index in [-0.39, 0.29) is 11.3 Å². The van der Waals surface area contributed by atoms with Gasteiger partial charge in [-0.15, -0.1) is 11.8 Å². The molecule has 4 heteroatoms. The molecule has 128 valence electrons. The smallest absolute Gasteiger partial charge is 0.252 e. The zero-order valence-electron chi connectivity index (χ0n) is 14.2. The van der Waals surface area contributed by atoms with E-state index in [0.717, 1.165) is 17.7 Å². The zero-order chi connectivity index (χ0) is 17.5. The Morgan fingerprint density at radius 3 is 2.48 bits per heavy atom. The molecular formula is C21H22N2OS. The molecule has 2 aromatic carbocycles. The molecule has 0 bridgehead atoms. The lowest BCUT2D eigenvalue weighted by Gasteiger charge is -2.30. The Labute approximate surface area is 153 Å². The lowest BCUT2D eigenvalue weighted by atomic mass is 9.79. The van der Waals surface area contributed by atoms with Crippen molar-refractivity contribution in [3.63, 3.8) is 0 Å². The number of carbonyl (C=O) groups is 1. The minimum absolute atomic E-state index is 0.0473. The van der Waals surface area contributed by atoms with Gasteiger partial charge in [0, 0.05) is 16.9 Å². The molecule has 3 rings (SSSR count). The summed E-state index contributed by atoms with van der Waals surface area (Å²) in [7, 11) is 0. The predicted molar refractivity (Wildman–Crippen MR) is 102 cm³/mol. The maximum Gasteiger partial charge on any atom is 0.252 e. The molecule has 0 radical (unpaired) electrons. The minimum Gasteiger partial charge on any atom is -0.351 e. The third-order valence-electron chi connectivity index (χ3n) is 4.96. The molecule has 0 aromatic heterocycles. The van der Waals surface area contributed by atoms with Crippen LogP contribution < -0.4 is 5.32 Å². The van der Waals surface area contributed by atoms with Crippen LogP contribution in [0.1, 0.15) is 41.6 Å². The van der Waals surface area contributed by atoms with Crippen LogP contribution in [0.5, 0.6) is 0 Å². The van der Waals surface area contributed by atoms with Crippen LogP contribution in [0.2, 0.25) is 0 Å². The van der Waals surface area contributed by atoms with Gasteiger partial charge in [-0.1, -0.05) is 55.3 Å². The number of nitrogens with one attached hydrogen (secondary N) is 1. The van der Waals surface area contributed by atoms with Crippen molar-refractivity contribution < 1.29 is 4.79 Å². The Bertz CT molecular complexity index is 761. The molecule has 0 heterocycles. The fourth-order valence-corrected chi connectivity index (χ4v) is 4.36. The van der Waals surface area contributed by atoms with E-state index in [1.807, 2.05) is 30.3 Å². The van der Waals surface area contributed by atoms with Crippen molar-refractivity contribution in [3.8, 4) is 6.07 Å². The highest BCUT2D eigenvalue weighted by molar-refractivity contribution is 7.99. The van der Waals surface area contributed by atoms with E-state index < -0.39 is 0 Å². The van der Waals surface area contributed by atoms with E-state index in [0.29, 0.717) is 17.9 Å². The molecule has 0 spiro atoms. The fraction of sp³-hybridized carbons (Fsp3) is 0.333. The van der Waals surface area contributed by atoms with Gasteiger partial charge in [0.15, 0.2) is 0 Å². The number of benzene rings is 2. The summed E-state index contributed by atoms with van der Waals surface area (Å²) in [5.74, 6) is 0.293. The number of hydrogen-bond donors (Lipinski definition) is 1. The summed E-state index contributed by atoms with van der Waals surface area (Å²) in [6, 6.07) is 20.2. The predicted octanol–water partition coefficient (Wildman–Crippen LogP) is 4.54. The number of hydrogen-bond acceptors (Lipinski definition) is 3. The third kappa shape index (κ3) is 4.05. The summed E-state index contributed by atoms with van der Waals surface area (Å²) < 4.78 is 0. The second kappa shape index (κ2) is 8.22. The summed E-state index contributed by atoms with van der Waals surface area (Å²) in [5, 5.41) is 12.0. The number of carbonyl (C=O) groups excluding carboxylic acids is 1. The summed E-state index contributed by atoms with van der Waals surface area (Å²) in [5.41, 5.74) is 2.02. The molecule has 0 saturated heterocycles. The van der Waals surface area contributed by atoms with Crippen LogP contribution in [0, 0.1) is 11.3 Å². The molecule has 1 saturated carbocycles. The summed E-state index contributed by atoms with van der Waals surface area (Å²) >= 11 is 1.41. The first kappa shape index (κ1) is 17.6. The van der Waals surface area contributed by atoms with Crippen molar-refractivity contribution in [2.45, 2.75) is 36.0 Å². The first-order chi connectivity index (χ1) is 12.2. The molecule has 0 unspecified atom stereocenters. The van der Waals surface area contributed by atoms with Gasteiger partial charge in [0.05, 0.1) is 17.4 Å². The molecule has 0 aliphatic heterocycles. The second-order valence-corrected chi connectivity index (χ2v) is 7.50. The molecule has 25 heavy (non-hydrogen) atoms. The lowest BCUT2D eigenvalue weighted by Crippen LogP contribution is -2.39. The van der Waals surface area contributed by atoms with Crippen LogP contribution in [-0.2, 0) is 5.41 Å². The number of thioether (sulfide) groups is 1. The van der Waals surface area contributed by atoms with Crippen molar-refractivity contribution in [2.75, 3.05) is 12.3 Å². The third-order valence-corrected chi connectivity index (χ3v) is 5.90. The van der Waals surface area contributed by atoms with E-state index >= 15 is 0 Å². The maximum atomic E-state index is 12.8. The second-order valence-electron chi connectivity index (χ2n) is 6.48. The van der Waals surface area contributed by atoms with Crippen LogP contribution in [0.3, 0.4) is 0 Å². The largest absolute Gasteiger partial charge is 0.351 e. The molecule has 3 nitrogen and oxygen atoms in total. The van der Waals surface area contributed by atoms with Crippen LogP contribution in [0.4, 0.5) is 0 Å². The van der Waals surface area contributed by atoms with Crippen molar-refractivity contribution in [1.29, 1.82) is 5.26 Å². The van der Waals surface area contributed by atoms with Gasteiger partial charge in [-0.25, -0.2) is 0 Å². The highest BCUT2D eigenvalue weighted by Crippen LogP contribution is 2.40. The molecule has 1 aliphatic carbocycles. The molecule has 1 amide bonds. The van der Waals surface area contributed by atoms with Gasteiger partial charge >= 0.3 is 0 Å². The van der Waals surface area contributed by atoms with Crippen molar-refractivity contribution in [3.05, 3.63) is 65.7 Å². The highest BCUT2D eigenvalue weighted by atomic mass is 32.2. The van der Waals surface area contributed by atoms with Gasteiger partial charge in [-0.2, -0.15) is 5.26 Å².